The van der Waals surface area contributed by atoms with Gasteiger partial charge in [0, 0.05) is 11.3 Å². The lowest BCUT2D eigenvalue weighted by molar-refractivity contribution is -0.151. The molecule has 0 spiro atoms. The van der Waals surface area contributed by atoms with Gasteiger partial charge in [0.15, 0.2) is 0 Å². The summed E-state index contributed by atoms with van der Waals surface area (Å²) in [5.41, 5.74) is 0.0929. The van der Waals surface area contributed by atoms with Crippen LogP contribution < -0.4 is 4.74 Å². The lowest BCUT2D eigenvalue weighted by Crippen LogP contribution is -2.43. The Morgan fingerprint density at radius 1 is 1.35 bits per heavy atom. The van der Waals surface area contributed by atoms with Gasteiger partial charge in [-0.25, -0.2) is 0 Å². The Hall–Kier alpha value is -1.33. The van der Waals surface area contributed by atoms with E-state index in [2.05, 4.69) is 15.9 Å². The number of carboxylic acid groups (broad SMARTS) is 1. The predicted molar refractivity (Wildman–Crippen MR) is 81.4 cm³/mol. The number of carboxylic acids is 1. The van der Waals surface area contributed by atoms with E-state index in [1.54, 1.807) is 11.3 Å². The molecule has 2 heterocycles. The fourth-order valence-electron chi connectivity index (χ4n) is 2.53. The van der Waals surface area contributed by atoms with Crippen molar-refractivity contribution in [2.24, 2.45) is 5.41 Å². The van der Waals surface area contributed by atoms with Crippen molar-refractivity contribution in [1.82, 2.24) is 0 Å². The highest BCUT2D eigenvalue weighted by Gasteiger charge is 2.43. The van der Waals surface area contributed by atoms with Gasteiger partial charge in [0.25, 0.3) is 0 Å². The Labute approximate surface area is 129 Å². The summed E-state index contributed by atoms with van der Waals surface area (Å²) in [6.07, 6.45) is 1.00. The molecule has 1 atom stereocenters. The molecule has 1 aromatic heterocycles. The van der Waals surface area contributed by atoms with Crippen molar-refractivity contribution < 1.29 is 14.6 Å². The molecule has 0 fully saturated rings. The summed E-state index contributed by atoms with van der Waals surface area (Å²) in [7, 11) is 0. The summed E-state index contributed by atoms with van der Waals surface area (Å²) < 4.78 is 6.71. The first-order chi connectivity index (χ1) is 9.59. The fraction of sp³-hybridized carbons (Fsp3) is 0.267. The first-order valence-electron chi connectivity index (χ1n) is 6.27. The quantitative estimate of drug-likeness (QED) is 0.914. The second-order valence-electron chi connectivity index (χ2n) is 5.04. The van der Waals surface area contributed by atoms with E-state index < -0.39 is 11.4 Å². The predicted octanol–water partition coefficient (Wildman–Crippen LogP) is 3.76. The number of ether oxygens (including phenoxy) is 1. The molecule has 3 rings (SSSR count). The minimum atomic E-state index is -0.876. The number of rotatable bonds is 3. The monoisotopic (exact) mass is 352 g/mol. The van der Waals surface area contributed by atoms with Crippen LogP contribution in [0.4, 0.5) is 0 Å². The molecular weight excluding hydrogens is 340 g/mol. The Bertz CT molecular complexity index is 652. The number of para-hydroxylation sites is 1. The largest absolute Gasteiger partial charge is 0.492 e. The van der Waals surface area contributed by atoms with Crippen LogP contribution >= 0.6 is 27.3 Å². The van der Waals surface area contributed by atoms with Crippen molar-refractivity contribution in [3.8, 4) is 5.75 Å². The number of hydrogen-bond acceptors (Lipinski definition) is 3. The average molecular weight is 353 g/mol. The number of carbonyl (C=O) groups is 1. The Morgan fingerprint density at radius 2 is 2.15 bits per heavy atom. The van der Waals surface area contributed by atoms with Crippen LogP contribution in [-0.2, 0) is 17.6 Å². The maximum absolute atomic E-state index is 11.8. The van der Waals surface area contributed by atoms with E-state index in [0.717, 1.165) is 20.0 Å². The number of halogens is 1. The lowest BCUT2D eigenvalue weighted by Gasteiger charge is -2.34. The third-order valence-electron chi connectivity index (χ3n) is 3.60. The zero-order valence-corrected chi connectivity index (χ0v) is 13.0. The third-order valence-corrected chi connectivity index (χ3v) is 5.22. The van der Waals surface area contributed by atoms with Gasteiger partial charge in [-0.1, -0.05) is 18.2 Å². The minimum Gasteiger partial charge on any atom is -0.492 e. The Balaban J connectivity index is 1.92. The molecule has 1 aliphatic rings. The topological polar surface area (TPSA) is 46.5 Å². The van der Waals surface area contributed by atoms with Crippen molar-refractivity contribution in [2.75, 3.05) is 6.61 Å². The summed E-state index contributed by atoms with van der Waals surface area (Å²) in [4.78, 5) is 12.9. The molecule has 5 heteroatoms. The highest BCUT2D eigenvalue weighted by Crippen LogP contribution is 2.39. The highest BCUT2D eigenvalue weighted by atomic mass is 79.9. The van der Waals surface area contributed by atoms with Crippen LogP contribution in [0.5, 0.6) is 5.75 Å². The van der Waals surface area contributed by atoms with Gasteiger partial charge in [0.05, 0.1) is 3.79 Å². The van der Waals surface area contributed by atoms with Gasteiger partial charge < -0.3 is 9.84 Å². The van der Waals surface area contributed by atoms with Gasteiger partial charge >= 0.3 is 5.97 Å². The van der Waals surface area contributed by atoms with Gasteiger partial charge in [-0.05, 0) is 46.1 Å². The van der Waals surface area contributed by atoms with Crippen LogP contribution in [0.15, 0.2) is 40.2 Å². The van der Waals surface area contributed by atoms with Crippen LogP contribution in [0.1, 0.15) is 10.4 Å². The number of hydrogen-bond donors (Lipinski definition) is 1. The van der Waals surface area contributed by atoms with Crippen LogP contribution in [0.2, 0.25) is 0 Å². The summed E-state index contributed by atoms with van der Waals surface area (Å²) >= 11 is 4.99. The fourth-order valence-corrected chi connectivity index (χ4v) is 4.16. The van der Waals surface area contributed by atoms with Gasteiger partial charge in [-0.15, -0.1) is 11.3 Å². The summed E-state index contributed by atoms with van der Waals surface area (Å²) in [5.74, 6) is 0.00765. The van der Waals surface area contributed by atoms with Crippen LogP contribution in [0.3, 0.4) is 0 Å². The van der Waals surface area contributed by atoms with E-state index in [9.17, 15) is 9.90 Å². The Morgan fingerprint density at radius 3 is 2.85 bits per heavy atom. The number of thiophene rings is 1. The molecule has 1 aliphatic heterocycles. The van der Waals surface area contributed by atoms with Crippen molar-refractivity contribution >= 4 is 33.2 Å². The molecule has 0 saturated heterocycles. The van der Waals surface area contributed by atoms with E-state index in [4.69, 9.17) is 4.74 Å². The van der Waals surface area contributed by atoms with E-state index in [1.807, 2.05) is 36.4 Å². The third kappa shape index (κ3) is 2.47. The smallest absolute Gasteiger partial charge is 0.313 e. The second-order valence-corrected chi connectivity index (χ2v) is 7.59. The Kier molecular flexibility index (Phi) is 3.56. The first-order valence-corrected chi connectivity index (χ1v) is 7.88. The van der Waals surface area contributed by atoms with E-state index in [1.165, 1.54) is 0 Å². The van der Waals surface area contributed by atoms with Crippen LogP contribution in [-0.4, -0.2) is 17.7 Å². The van der Waals surface area contributed by atoms with E-state index >= 15 is 0 Å². The number of benzene rings is 1. The molecule has 0 bridgehead atoms. The molecule has 0 saturated carbocycles. The van der Waals surface area contributed by atoms with E-state index in [-0.39, 0.29) is 6.61 Å². The molecule has 1 aromatic carbocycles. The molecule has 3 nitrogen and oxygen atoms in total. The maximum atomic E-state index is 11.8. The molecule has 0 amide bonds. The summed E-state index contributed by atoms with van der Waals surface area (Å²) in [6, 6.07) is 11.6. The van der Waals surface area contributed by atoms with Crippen molar-refractivity contribution in [1.29, 1.82) is 0 Å². The molecule has 20 heavy (non-hydrogen) atoms. The van der Waals surface area contributed by atoms with Crippen molar-refractivity contribution in [2.45, 2.75) is 12.8 Å². The SMILES string of the molecule is O=C(O)C1(Cc2ccc(Br)s2)COc2ccccc2C1. The normalized spacial score (nSPS) is 21.1. The molecule has 0 aliphatic carbocycles. The van der Waals surface area contributed by atoms with Crippen molar-refractivity contribution in [3.63, 3.8) is 0 Å². The van der Waals surface area contributed by atoms with E-state index in [0.29, 0.717) is 12.8 Å². The summed E-state index contributed by atoms with van der Waals surface area (Å²) in [5, 5.41) is 9.70. The molecular formula is C15H13BrO3S. The standard InChI is InChI=1S/C15H13BrO3S/c16-13-6-5-11(20-13)8-15(14(17)18)7-10-3-1-2-4-12(10)19-9-15/h1-6H,7-9H2,(H,17,18). The molecule has 0 radical (unpaired) electrons. The van der Waals surface area contributed by atoms with Gasteiger partial charge in [0.2, 0.25) is 0 Å². The number of fused-ring (bicyclic) bond motifs is 1. The molecule has 104 valence electrons. The molecule has 1 unspecified atom stereocenters. The maximum Gasteiger partial charge on any atom is 0.313 e. The van der Waals surface area contributed by atoms with Crippen LogP contribution in [0, 0.1) is 5.41 Å². The van der Waals surface area contributed by atoms with Crippen LogP contribution in [0.25, 0.3) is 0 Å². The van der Waals surface area contributed by atoms with Gasteiger partial charge in [0.1, 0.15) is 17.8 Å². The molecule has 1 N–H and O–H groups in total. The minimum absolute atomic E-state index is 0.217. The lowest BCUT2D eigenvalue weighted by atomic mass is 9.77. The van der Waals surface area contributed by atoms with Crippen molar-refractivity contribution in [3.05, 3.63) is 50.6 Å². The second kappa shape index (κ2) is 5.22. The van der Waals surface area contributed by atoms with Gasteiger partial charge in [-0.3, -0.25) is 4.79 Å². The number of aliphatic carboxylic acids is 1. The summed E-state index contributed by atoms with van der Waals surface area (Å²) in [6.45, 7) is 0.217. The average Bonchev–Trinajstić information content (AvgIpc) is 2.83. The zero-order valence-electron chi connectivity index (χ0n) is 10.6. The first kappa shape index (κ1) is 13.6. The van der Waals surface area contributed by atoms with Gasteiger partial charge in [-0.2, -0.15) is 0 Å². The highest BCUT2D eigenvalue weighted by molar-refractivity contribution is 9.11. The zero-order chi connectivity index (χ0) is 14.2. The molecule has 2 aromatic rings.